The van der Waals surface area contributed by atoms with Crippen LogP contribution in [0.25, 0.3) is 0 Å². The van der Waals surface area contributed by atoms with Crippen LogP contribution in [-0.4, -0.2) is 35.7 Å². The molecule has 5 heteroatoms. The zero-order valence-electron chi connectivity index (χ0n) is 11.1. The summed E-state index contributed by atoms with van der Waals surface area (Å²) in [5, 5.41) is 9.28. The van der Waals surface area contributed by atoms with Gasteiger partial charge in [-0.25, -0.2) is 0 Å². The SMILES string of the molecule is COc1ccc(Br)cc1C(C)N1CCCC1C(=O)O. The molecule has 1 heterocycles. The van der Waals surface area contributed by atoms with Crippen molar-refractivity contribution in [2.75, 3.05) is 13.7 Å². The molecule has 0 spiro atoms. The Labute approximate surface area is 121 Å². The van der Waals surface area contributed by atoms with Crippen molar-refractivity contribution < 1.29 is 14.6 Å². The summed E-state index contributed by atoms with van der Waals surface area (Å²) >= 11 is 3.46. The van der Waals surface area contributed by atoms with E-state index >= 15 is 0 Å². The minimum atomic E-state index is -0.738. The second-order valence-electron chi connectivity index (χ2n) is 4.80. The highest BCUT2D eigenvalue weighted by atomic mass is 79.9. The van der Waals surface area contributed by atoms with Gasteiger partial charge in [-0.1, -0.05) is 15.9 Å². The van der Waals surface area contributed by atoms with Crippen molar-refractivity contribution in [2.45, 2.75) is 31.8 Å². The van der Waals surface area contributed by atoms with Crippen molar-refractivity contribution in [1.82, 2.24) is 4.90 Å². The Morgan fingerprint density at radius 2 is 2.32 bits per heavy atom. The van der Waals surface area contributed by atoms with Crippen LogP contribution in [0.4, 0.5) is 0 Å². The van der Waals surface area contributed by atoms with Crippen LogP contribution in [0.5, 0.6) is 5.75 Å². The number of aliphatic carboxylic acids is 1. The molecule has 1 saturated heterocycles. The second-order valence-corrected chi connectivity index (χ2v) is 5.71. The summed E-state index contributed by atoms with van der Waals surface area (Å²) in [6.45, 7) is 2.85. The molecule has 0 aromatic heterocycles. The molecule has 1 aromatic rings. The first-order valence-electron chi connectivity index (χ1n) is 6.36. The fourth-order valence-corrected chi connectivity index (χ4v) is 3.11. The molecule has 1 aliphatic rings. The smallest absolute Gasteiger partial charge is 0.320 e. The predicted octanol–water partition coefficient (Wildman–Crippen LogP) is 3.07. The molecule has 1 aliphatic heterocycles. The average molecular weight is 328 g/mol. The number of likely N-dealkylation sites (tertiary alicyclic amines) is 1. The van der Waals surface area contributed by atoms with Gasteiger partial charge >= 0.3 is 5.97 Å². The Morgan fingerprint density at radius 3 is 2.95 bits per heavy atom. The number of carboxylic acids is 1. The highest BCUT2D eigenvalue weighted by Crippen LogP contribution is 2.35. The third-order valence-electron chi connectivity index (χ3n) is 3.72. The van der Waals surface area contributed by atoms with Crippen molar-refractivity contribution in [2.24, 2.45) is 0 Å². The van der Waals surface area contributed by atoms with E-state index in [1.54, 1.807) is 7.11 Å². The van der Waals surface area contributed by atoms with Gasteiger partial charge in [0, 0.05) is 16.1 Å². The van der Waals surface area contributed by atoms with Crippen molar-refractivity contribution in [3.05, 3.63) is 28.2 Å². The zero-order chi connectivity index (χ0) is 14.0. The highest BCUT2D eigenvalue weighted by Gasteiger charge is 2.34. The topological polar surface area (TPSA) is 49.8 Å². The summed E-state index contributed by atoms with van der Waals surface area (Å²) in [5.74, 6) is 0.0602. The van der Waals surface area contributed by atoms with Gasteiger partial charge in [0.15, 0.2) is 0 Å². The van der Waals surface area contributed by atoms with Gasteiger partial charge in [-0.2, -0.15) is 0 Å². The molecule has 104 valence electrons. The summed E-state index contributed by atoms with van der Waals surface area (Å²) in [6, 6.07) is 5.46. The lowest BCUT2D eigenvalue weighted by Gasteiger charge is -2.29. The standard InChI is InChI=1S/C14H18BrNO3/c1-9(16-7-3-4-12(16)14(17)18)11-8-10(15)5-6-13(11)19-2/h5-6,8-9,12H,3-4,7H2,1-2H3,(H,17,18). The molecular weight excluding hydrogens is 310 g/mol. The van der Waals surface area contributed by atoms with Crippen LogP contribution < -0.4 is 4.74 Å². The molecule has 2 unspecified atom stereocenters. The minimum absolute atomic E-state index is 0.0241. The maximum atomic E-state index is 11.3. The van der Waals surface area contributed by atoms with Gasteiger partial charge in [0.2, 0.25) is 0 Å². The first kappa shape index (κ1) is 14.3. The molecule has 0 saturated carbocycles. The summed E-state index contributed by atoms with van der Waals surface area (Å²) in [4.78, 5) is 13.3. The number of benzene rings is 1. The monoisotopic (exact) mass is 327 g/mol. The molecule has 1 aromatic carbocycles. The van der Waals surface area contributed by atoms with Gasteiger partial charge in [-0.3, -0.25) is 9.69 Å². The largest absolute Gasteiger partial charge is 0.496 e. The van der Waals surface area contributed by atoms with Gasteiger partial charge in [0.05, 0.1) is 7.11 Å². The third-order valence-corrected chi connectivity index (χ3v) is 4.21. The molecule has 0 bridgehead atoms. The maximum Gasteiger partial charge on any atom is 0.320 e. The van der Waals surface area contributed by atoms with Crippen LogP contribution in [0.1, 0.15) is 31.4 Å². The van der Waals surface area contributed by atoms with E-state index < -0.39 is 12.0 Å². The normalized spacial score (nSPS) is 21.3. The lowest BCUT2D eigenvalue weighted by atomic mass is 10.0. The van der Waals surface area contributed by atoms with E-state index in [-0.39, 0.29) is 6.04 Å². The second kappa shape index (κ2) is 5.92. The van der Waals surface area contributed by atoms with E-state index in [9.17, 15) is 9.90 Å². The van der Waals surface area contributed by atoms with Gasteiger partial charge in [-0.15, -0.1) is 0 Å². The molecule has 4 nitrogen and oxygen atoms in total. The van der Waals surface area contributed by atoms with Crippen molar-refractivity contribution in [1.29, 1.82) is 0 Å². The Hall–Kier alpha value is -1.07. The quantitative estimate of drug-likeness (QED) is 0.923. The molecule has 1 fully saturated rings. The zero-order valence-corrected chi connectivity index (χ0v) is 12.7. The Bertz CT molecular complexity index is 478. The van der Waals surface area contributed by atoms with Gasteiger partial charge in [0.1, 0.15) is 11.8 Å². The van der Waals surface area contributed by atoms with Crippen molar-refractivity contribution >= 4 is 21.9 Å². The number of ether oxygens (including phenoxy) is 1. The number of halogens is 1. The highest BCUT2D eigenvalue weighted by molar-refractivity contribution is 9.10. The summed E-state index contributed by atoms with van der Waals surface area (Å²) < 4.78 is 6.36. The van der Waals surface area contributed by atoms with E-state index in [1.165, 1.54) is 0 Å². The molecule has 2 rings (SSSR count). The number of carboxylic acid groups (broad SMARTS) is 1. The first-order valence-corrected chi connectivity index (χ1v) is 7.16. The number of hydrogen-bond donors (Lipinski definition) is 1. The van der Waals surface area contributed by atoms with E-state index in [0.29, 0.717) is 0 Å². The van der Waals surface area contributed by atoms with E-state index in [4.69, 9.17) is 4.74 Å². The Balaban J connectivity index is 2.30. The van der Waals surface area contributed by atoms with Crippen LogP contribution in [0.3, 0.4) is 0 Å². The summed E-state index contributed by atoms with van der Waals surface area (Å²) in [6.07, 6.45) is 1.65. The first-order chi connectivity index (χ1) is 9.04. The third kappa shape index (κ3) is 2.92. The van der Waals surface area contributed by atoms with Crippen LogP contribution in [0.15, 0.2) is 22.7 Å². The van der Waals surface area contributed by atoms with Crippen LogP contribution in [-0.2, 0) is 4.79 Å². The molecule has 2 atom stereocenters. The Kier molecular flexibility index (Phi) is 4.47. The Morgan fingerprint density at radius 1 is 1.58 bits per heavy atom. The molecule has 1 N–H and O–H groups in total. The predicted molar refractivity (Wildman–Crippen MR) is 76.5 cm³/mol. The number of methoxy groups -OCH3 is 1. The number of rotatable bonds is 4. The van der Waals surface area contributed by atoms with Crippen LogP contribution >= 0.6 is 15.9 Å². The molecular formula is C14H18BrNO3. The number of hydrogen-bond acceptors (Lipinski definition) is 3. The molecule has 0 aliphatic carbocycles. The van der Waals surface area contributed by atoms with E-state index in [2.05, 4.69) is 15.9 Å². The molecule has 0 radical (unpaired) electrons. The fraction of sp³-hybridized carbons (Fsp3) is 0.500. The average Bonchev–Trinajstić information content (AvgIpc) is 2.87. The molecule has 0 amide bonds. The van der Waals surface area contributed by atoms with E-state index in [0.717, 1.165) is 35.2 Å². The van der Waals surface area contributed by atoms with Gasteiger partial charge < -0.3 is 9.84 Å². The number of carbonyl (C=O) groups is 1. The van der Waals surface area contributed by atoms with Crippen LogP contribution in [0.2, 0.25) is 0 Å². The maximum absolute atomic E-state index is 11.3. The van der Waals surface area contributed by atoms with Crippen molar-refractivity contribution in [3.63, 3.8) is 0 Å². The summed E-state index contributed by atoms with van der Waals surface area (Å²) in [7, 11) is 1.64. The van der Waals surface area contributed by atoms with Gasteiger partial charge in [0.25, 0.3) is 0 Å². The van der Waals surface area contributed by atoms with E-state index in [1.807, 2.05) is 30.0 Å². The van der Waals surface area contributed by atoms with Gasteiger partial charge in [-0.05, 0) is 44.5 Å². The lowest BCUT2D eigenvalue weighted by molar-refractivity contribution is -0.142. The van der Waals surface area contributed by atoms with Crippen molar-refractivity contribution in [3.8, 4) is 5.75 Å². The summed E-state index contributed by atoms with van der Waals surface area (Å²) in [5.41, 5.74) is 1.02. The lowest BCUT2D eigenvalue weighted by Crippen LogP contribution is -2.37. The molecule has 19 heavy (non-hydrogen) atoms. The number of nitrogens with zero attached hydrogens (tertiary/aromatic N) is 1. The fourth-order valence-electron chi connectivity index (χ4n) is 2.73. The minimum Gasteiger partial charge on any atom is -0.496 e. The van der Waals surface area contributed by atoms with Crippen LogP contribution in [0, 0.1) is 0 Å².